The third kappa shape index (κ3) is 4.76. The SMILES string of the molecule is COC(=O)c1ccc(/C=C(\C#N)C(=O)Nc2ccc(C)cc2[N+](=O)[O-])cc1. The Morgan fingerprint density at radius 3 is 2.44 bits per heavy atom. The third-order valence-corrected chi connectivity index (χ3v) is 3.61. The number of ether oxygens (including phenoxy) is 1. The number of carbonyl (C=O) groups excluding carboxylic acids is 2. The van der Waals surface area contributed by atoms with Crippen LogP contribution in [-0.4, -0.2) is 23.9 Å². The lowest BCUT2D eigenvalue weighted by Crippen LogP contribution is -2.14. The number of methoxy groups -OCH3 is 1. The molecule has 0 bridgehead atoms. The largest absolute Gasteiger partial charge is 0.465 e. The molecule has 0 aliphatic rings. The highest BCUT2D eigenvalue weighted by Crippen LogP contribution is 2.26. The summed E-state index contributed by atoms with van der Waals surface area (Å²) in [7, 11) is 1.26. The summed E-state index contributed by atoms with van der Waals surface area (Å²) in [5, 5.41) is 22.8. The predicted molar refractivity (Wildman–Crippen MR) is 97.8 cm³/mol. The Bertz CT molecular complexity index is 972. The first kappa shape index (κ1) is 19.3. The summed E-state index contributed by atoms with van der Waals surface area (Å²) >= 11 is 0. The van der Waals surface area contributed by atoms with Crippen molar-refractivity contribution in [3.05, 3.63) is 74.8 Å². The summed E-state index contributed by atoms with van der Waals surface area (Å²) < 4.78 is 4.60. The molecule has 0 aromatic heterocycles. The molecule has 2 aromatic carbocycles. The molecule has 0 fully saturated rings. The molecule has 2 rings (SSSR count). The Kier molecular flexibility index (Phi) is 6.02. The third-order valence-electron chi connectivity index (χ3n) is 3.61. The van der Waals surface area contributed by atoms with Gasteiger partial charge in [0.2, 0.25) is 0 Å². The zero-order valence-corrected chi connectivity index (χ0v) is 14.6. The fraction of sp³-hybridized carbons (Fsp3) is 0.105. The number of nitro benzene ring substituents is 1. The fourth-order valence-corrected chi connectivity index (χ4v) is 2.24. The molecule has 0 saturated carbocycles. The van der Waals surface area contributed by atoms with Crippen molar-refractivity contribution in [1.29, 1.82) is 5.26 Å². The minimum absolute atomic E-state index is 0.00205. The van der Waals surface area contributed by atoms with Gasteiger partial charge in [-0.3, -0.25) is 14.9 Å². The second kappa shape index (κ2) is 8.40. The summed E-state index contributed by atoms with van der Waals surface area (Å²) in [4.78, 5) is 34.3. The zero-order valence-electron chi connectivity index (χ0n) is 14.6. The Morgan fingerprint density at radius 1 is 1.22 bits per heavy atom. The number of anilines is 1. The van der Waals surface area contributed by atoms with E-state index < -0.39 is 16.8 Å². The summed E-state index contributed by atoms with van der Waals surface area (Å²) in [5.74, 6) is -1.28. The summed E-state index contributed by atoms with van der Waals surface area (Å²) in [5.41, 5.74) is 0.999. The van der Waals surface area contributed by atoms with Gasteiger partial charge in [-0.2, -0.15) is 5.26 Å². The lowest BCUT2D eigenvalue weighted by atomic mass is 10.1. The smallest absolute Gasteiger partial charge is 0.337 e. The van der Waals surface area contributed by atoms with E-state index in [0.29, 0.717) is 16.7 Å². The van der Waals surface area contributed by atoms with Gasteiger partial charge in [-0.1, -0.05) is 18.2 Å². The van der Waals surface area contributed by atoms with Crippen molar-refractivity contribution in [2.24, 2.45) is 0 Å². The van der Waals surface area contributed by atoms with Crippen molar-refractivity contribution < 1.29 is 19.2 Å². The highest BCUT2D eigenvalue weighted by molar-refractivity contribution is 6.10. The van der Waals surface area contributed by atoms with E-state index in [1.54, 1.807) is 31.2 Å². The zero-order chi connectivity index (χ0) is 20.0. The van der Waals surface area contributed by atoms with Gasteiger partial charge in [0.1, 0.15) is 17.3 Å². The molecule has 1 amide bonds. The summed E-state index contributed by atoms with van der Waals surface area (Å²) in [6.45, 7) is 1.69. The second-order valence-corrected chi connectivity index (χ2v) is 5.52. The second-order valence-electron chi connectivity index (χ2n) is 5.52. The van der Waals surface area contributed by atoms with Gasteiger partial charge in [-0.25, -0.2) is 4.79 Å². The number of nitrogens with one attached hydrogen (secondary N) is 1. The Hall–Kier alpha value is -3.99. The van der Waals surface area contributed by atoms with Crippen LogP contribution in [0, 0.1) is 28.4 Å². The molecule has 8 nitrogen and oxygen atoms in total. The Balaban J connectivity index is 2.26. The number of nitriles is 1. The first-order valence-corrected chi connectivity index (χ1v) is 7.72. The molecule has 0 atom stereocenters. The number of nitro groups is 1. The molecular formula is C19H15N3O5. The average Bonchev–Trinajstić information content (AvgIpc) is 2.67. The van der Waals surface area contributed by atoms with Crippen LogP contribution in [0.15, 0.2) is 48.0 Å². The van der Waals surface area contributed by atoms with Gasteiger partial charge in [-0.05, 0) is 42.3 Å². The predicted octanol–water partition coefficient (Wildman–Crippen LogP) is 3.24. The maximum absolute atomic E-state index is 12.3. The van der Waals surface area contributed by atoms with Crippen LogP contribution in [0.1, 0.15) is 21.5 Å². The first-order valence-electron chi connectivity index (χ1n) is 7.72. The van der Waals surface area contributed by atoms with E-state index in [1.807, 2.05) is 0 Å². The van der Waals surface area contributed by atoms with Crippen LogP contribution in [0.2, 0.25) is 0 Å². The van der Waals surface area contributed by atoms with Crippen LogP contribution >= 0.6 is 0 Å². The Morgan fingerprint density at radius 2 is 1.89 bits per heavy atom. The molecule has 0 saturated heterocycles. The van der Waals surface area contributed by atoms with Crippen molar-refractivity contribution in [2.75, 3.05) is 12.4 Å². The molecule has 0 radical (unpaired) electrons. The van der Waals surface area contributed by atoms with Gasteiger partial charge in [-0.15, -0.1) is 0 Å². The van der Waals surface area contributed by atoms with E-state index in [9.17, 15) is 25.0 Å². The van der Waals surface area contributed by atoms with Crippen LogP contribution in [0.25, 0.3) is 6.08 Å². The lowest BCUT2D eigenvalue weighted by molar-refractivity contribution is -0.384. The van der Waals surface area contributed by atoms with E-state index in [0.717, 1.165) is 0 Å². The van der Waals surface area contributed by atoms with Gasteiger partial charge in [0, 0.05) is 6.07 Å². The maximum atomic E-state index is 12.3. The normalized spacial score (nSPS) is 10.6. The summed E-state index contributed by atoms with van der Waals surface area (Å²) in [6.07, 6.45) is 1.32. The van der Waals surface area contributed by atoms with Crippen molar-refractivity contribution in [3.63, 3.8) is 0 Å². The number of carbonyl (C=O) groups is 2. The number of benzene rings is 2. The highest BCUT2D eigenvalue weighted by atomic mass is 16.6. The first-order chi connectivity index (χ1) is 12.8. The number of nitrogens with zero attached hydrogens (tertiary/aromatic N) is 2. The van der Waals surface area contributed by atoms with Crippen molar-refractivity contribution in [1.82, 2.24) is 0 Å². The minimum atomic E-state index is -0.776. The highest BCUT2D eigenvalue weighted by Gasteiger charge is 2.18. The monoisotopic (exact) mass is 365 g/mol. The number of hydrogen-bond donors (Lipinski definition) is 1. The van der Waals surface area contributed by atoms with Gasteiger partial charge >= 0.3 is 5.97 Å². The van der Waals surface area contributed by atoms with Gasteiger partial charge in [0.25, 0.3) is 11.6 Å². The van der Waals surface area contributed by atoms with Crippen molar-refractivity contribution in [2.45, 2.75) is 6.92 Å². The molecule has 0 aliphatic heterocycles. The Labute approximate surface area is 154 Å². The van der Waals surface area contributed by atoms with Crippen LogP contribution in [0.4, 0.5) is 11.4 Å². The average molecular weight is 365 g/mol. The minimum Gasteiger partial charge on any atom is -0.465 e. The van der Waals surface area contributed by atoms with E-state index in [1.165, 1.54) is 37.5 Å². The molecule has 0 heterocycles. The van der Waals surface area contributed by atoms with Gasteiger partial charge < -0.3 is 10.1 Å². The van der Waals surface area contributed by atoms with Gasteiger partial charge in [0.05, 0.1) is 17.6 Å². The van der Waals surface area contributed by atoms with E-state index in [-0.39, 0.29) is 16.9 Å². The number of amides is 1. The molecule has 1 N–H and O–H groups in total. The number of hydrogen-bond acceptors (Lipinski definition) is 6. The standard InChI is InChI=1S/C19H15N3O5/c1-12-3-8-16(17(9-12)22(25)26)21-18(23)15(11-20)10-13-4-6-14(7-5-13)19(24)27-2/h3-10H,1-2H3,(H,21,23)/b15-10+. The molecule has 2 aromatic rings. The van der Waals surface area contributed by atoms with Gasteiger partial charge in [0.15, 0.2) is 0 Å². The molecule has 8 heteroatoms. The number of esters is 1. The van der Waals surface area contributed by atoms with Crippen molar-refractivity contribution in [3.8, 4) is 6.07 Å². The molecule has 0 aliphatic carbocycles. The van der Waals surface area contributed by atoms with Crippen LogP contribution < -0.4 is 5.32 Å². The van der Waals surface area contributed by atoms with E-state index >= 15 is 0 Å². The van der Waals surface area contributed by atoms with Crippen LogP contribution in [-0.2, 0) is 9.53 Å². The molecule has 27 heavy (non-hydrogen) atoms. The maximum Gasteiger partial charge on any atom is 0.337 e. The molecule has 136 valence electrons. The quantitative estimate of drug-likeness (QED) is 0.285. The van der Waals surface area contributed by atoms with E-state index in [4.69, 9.17) is 0 Å². The summed E-state index contributed by atoms with van der Waals surface area (Å²) in [6, 6.07) is 12.2. The molecular weight excluding hydrogens is 350 g/mol. The molecule has 0 spiro atoms. The molecule has 0 unspecified atom stereocenters. The van der Waals surface area contributed by atoms with Crippen LogP contribution in [0.5, 0.6) is 0 Å². The lowest BCUT2D eigenvalue weighted by Gasteiger charge is -2.06. The fourth-order valence-electron chi connectivity index (χ4n) is 2.24. The topological polar surface area (TPSA) is 122 Å². The number of rotatable bonds is 5. The van der Waals surface area contributed by atoms with E-state index in [2.05, 4.69) is 10.1 Å². The van der Waals surface area contributed by atoms with Crippen molar-refractivity contribution >= 4 is 29.3 Å². The van der Waals surface area contributed by atoms with Crippen LogP contribution in [0.3, 0.4) is 0 Å². The number of aryl methyl sites for hydroxylation is 1.